The van der Waals surface area contributed by atoms with Crippen LogP contribution in [0.1, 0.15) is 41.5 Å². The van der Waals surface area contributed by atoms with Crippen LogP contribution in [0.5, 0.6) is 5.75 Å². The number of para-hydroxylation sites is 2. The molecule has 0 aliphatic rings. The van der Waals surface area contributed by atoms with E-state index in [0.717, 1.165) is 12.2 Å². The van der Waals surface area contributed by atoms with E-state index in [2.05, 4.69) is 36.3 Å². The van der Waals surface area contributed by atoms with Crippen molar-refractivity contribution in [2.75, 3.05) is 29.2 Å². The molecule has 3 aromatic carbocycles. The molecule has 0 spiro atoms. The number of carbonyl (C=O) groups excluding carboxylic acids is 2. The molecule has 6 nitrogen and oxygen atoms in total. The molecule has 6 heteroatoms. The number of nitrogens with zero attached hydrogens (tertiary/aromatic N) is 1. The molecular formula is C26H29N3O3. The van der Waals surface area contributed by atoms with Gasteiger partial charge in [-0.15, -0.1) is 0 Å². The van der Waals surface area contributed by atoms with Gasteiger partial charge in [0.15, 0.2) is 0 Å². The first-order valence-corrected chi connectivity index (χ1v) is 10.7. The first-order valence-electron chi connectivity index (χ1n) is 10.7. The number of carbonyl (C=O) groups is 2. The second kappa shape index (κ2) is 10.5. The molecule has 0 atom stereocenters. The molecule has 2 amide bonds. The molecule has 0 radical (unpaired) electrons. The van der Waals surface area contributed by atoms with Gasteiger partial charge >= 0.3 is 0 Å². The van der Waals surface area contributed by atoms with Crippen molar-refractivity contribution in [2.45, 2.75) is 26.8 Å². The third kappa shape index (κ3) is 5.46. The van der Waals surface area contributed by atoms with Crippen LogP contribution in [-0.2, 0) is 0 Å². The summed E-state index contributed by atoms with van der Waals surface area (Å²) in [6.45, 7) is 7.30. The van der Waals surface area contributed by atoms with E-state index in [4.69, 9.17) is 4.74 Å². The number of anilines is 3. The Morgan fingerprint density at radius 1 is 0.844 bits per heavy atom. The Labute approximate surface area is 189 Å². The summed E-state index contributed by atoms with van der Waals surface area (Å²) in [6, 6.07) is 21.9. The highest BCUT2D eigenvalue weighted by Crippen LogP contribution is 2.24. The van der Waals surface area contributed by atoms with Crippen molar-refractivity contribution in [1.29, 1.82) is 0 Å². The van der Waals surface area contributed by atoms with Crippen LogP contribution in [-0.4, -0.2) is 31.5 Å². The fourth-order valence-electron chi connectivity index (χ4n) is 3.50. The van der Waals surface area contributed by atoms with E-state index in [1.807, 2.05) is 36.4 Å². The van der Waals surface area contributed by atoms with Gasteiger partial charge in [-0.2, -0.15) is 0 Å². The number of nitrogens with one attached hydrogen (secondary N) is 2. The molecular weight excluding hydrogens is 402 g/mol. The molecule has 166 valence electrons. The summed E-state index contributed by atoms with van der Waals surface area (Å²) in [4.78, 5) is 27.4. The van der Waals surface area contributed by atoms with E-state index in [9.17, 15) is 9.59 Å². The van der Waals surface area contributed by atoms with E-state index in [1.54, 1.807) is 43.5 Å². The molecule has 3 rings (SSSR count). The fourth-order valence-corrected chi connectivity index (χ4v) is 3.50. The van der Waals surface area contributed by atoms with Gasteiger partial charge in [-0.1, -0.05) is 12.1 Å². The van der Waals surface area contributed by atoms with Gasteiger partial charge in [0.25, 0.3) is 11.8 Å². The van der Waals surface area contributed by atoms with Crippen molar-refractivity contribution in [3.05, 3.63) is 83.9 Å². The first-order chi connectivity index (χ1) is 15.4. The zero-order chi connectivity index (χ0) is 23.1. The van der Waals surface area contributed by atoms with Crippen LogP contribution in [0.2, 0.25) is 0 Å². The maximum atomic E-state index is 12.6. The number of ether oxygens (including phenoxy) is 1. The average molecular weight is 432 g/mol. The van der Waals surface area contributed by atoms with Crippen LogP contribution in [0.15, 0.2) is 72.8 Å². The molecule has 0 saturated carbocycles. The monoisotopic (exact) mass is 431 g/mol. The number of benzene rings is 3. The Bertz CT molecular complexity index is 1060. The Kier molecular flexibility index (Phi) is 7.49. The highest BCUT2D eigenvalue weighted by Gasteiger charge is 2.12. The summed E-state index contributed by atoms with van der Waals surface area (Å²) in [5, 5.41) is 5.71. The summed E-state index contributed by atoms with van der Waals surface area (Å²) in [6.07, 6.45) is 0. The van der Waals surface area contributed by atoms with Crippen molar-refractivity contribution in [2.24, 2.45) is 0 Å². The van der Waals surface area contributed by atoms with Crippen LogP contribution in [0.4, 0.5) is 17.1 Å². The lowest BCUT2D eigenvalue weighted by Gasteiger charge is -2.27. The Morgan fingerprint density at radius 3 is 1.97 bits per heavy atom. The van der Waals surface area contributed by atoms with Gasteiger partial charge < -0.3 is 20.3 Å². The second-order valence-corrected chi connectivity index (χ2v) is 7.61. The third-order valence-electron chi connectivity index (χ3n) is 5.19. The minimum Gasteiger partial charge on any atom is -0.495 e. The van der Waals surface area contributed by atoms with Gasteiger partial charge in [0.2, 0.25) is 0 Å². The zero-order valence-corrected chi connectivity index (χ0v) is 18.9. The first kappa shape index (κ1) is 22.9. The fraction of sp³-hybridized carbons (Fsp3) is 0.231. The summed E-state index contributed by atoms with van der Waals surface area (Å²) in [7, 11) is 1.56. The molecule has 3 aromatic rings. The lowest BCUT2D eigenvalue weighted by atomic mass is 10.1. The number of hydrogen-bond acceptors (Lipinski definition) is 4. The van der Waals surface area contributed by atoms with Crippen molar-refractivity contribution in [3.8, 4) is 5.75 Å². The van der Waals surface area contributed by atoms with E-state index in [-0.39, 0.29) is 11.8 Å². The molecule has 0 unspecified atom stereocenters. The maximum Gasteiger partial charge on any atom is 0.255 e. The normalized spacial score (nSPS) is 10.5. The molecule has 0 fully saturated rings. The van der Waals surface area contributed by atoms with Gasteiger partial charge in [0, 0.05) is 35.1 Å². The molecule has 0 bridgehead atoms. The Morgan fingerprint density at radius 2 is 1.41 bits per heavy atom. The second-order valence-electron chi connectivity index (χ2n) is 7.61. The summed E-state index contributed by atoms with van der Waals surface area (Å²) in [5.74, 6) is 0.134. The molecule has 0 saturated heterocycles. The molecule has 0 aliphatic heterocycles. The van der Waals surface area contributed by atoms with E-state index in [0.29, 0.717) is 34.3 Å². The summed E-state index contributed by atoms with van der Waals surface area (Å²) < 4.78 is 5.26. The number of rotatable bonds is 8. The van der Waals surface area contributed by atoms with Crippen LogP contribution in [0.3, 0.4) is 0 Å². The van der Waals surface area contributed by atoms with Crippen LogP contribution >= 0.6 is 0 Å². The molecule has 0 aliphatic carbocycles. The van der Waals surface area contributed by atoms with Crippen molar-refractivity contribution < 1.29 is 14.3 Å². The zero-order valence-electron chi connectivity index (χ0n) is 18.9. The molecule has 0 aromatic heterocycles. The molecule has 0 heterocycles. The minimum atomic E-state index is -0.256. The number of hydrogen-bond donors (Lipinski definition) is 2. The molecule has 32 heavy (non-hydrogen) atoms. The average Bonchev–Trinajstić information content (AvgIpc) is 2.80. The highest BCUT2D eigenvalue weighted by atomic mass is 16.5. The standard InChI is InChI=1S/C26H29N3O3/c1-5-29(18(2)3)22-16-12-20(13-17-22)25(30)27-21-14-10-19(11-15-21)26(31)28-23-8-6-7-9-24(23)32-4/h6-18H,5H2,1-4H3,(H,27,30)(H,28,31). The smallest absolute Gasteiger partial charge is 0.255 e. The van der Waals surface area contributed by atoms with Gasteiger partial charge in [-0.25, -0.2) is 0 Å². The van der Waals surface area contributed by atoms with Crippen molar-refractivity contribution in [3.63, 3.8) is 0 Å². The topological polar surface area (TPSA) is 70.7 Å². The van der Waals surface area contributed by atoms with Crippen molar-refractivity contribution >= 4 is 28.9 Å². The van der Waals surface area contributed by atoms with Crippen LogP contribution < -0.4 is 20.3 Å². The van der Waals surface area contributed by atoms with E-state index < -0.39 is 0 Å². The van der Waals surface area contributed by atoms with Gasteiger partial charge in [-0.3, -0.25) is 9.59 Å². The minimum absolute atomic E-state index is 0.199. The third-order valence-corrected chi connectivity index (χ3v) is 5.19. The van der Waals surface area contributed by atoms with Crippen molar-refractivity contribution in [1.82, 2.24) is 0 Å². The Balaban J connectivity index is 1.64. The predicted octanol–water partition coefficient (Wildman–Crippen LogP) is 5.43. The van der Waals surface area contributed by atoms with Gasteiger partial charge in [0.05, 0.1) is 12.8 Å². The van der Waals surface area contributed by atoms with Gasteiger partial charge in [0.1, 0.15) is 5.75 Å². The predicted molar refractivity (Wildman–Crippen MR) is 130 cm³/mol. The lowest BCUT2D eigenvalue weighted by Crippen LogP contribution is -2.30. The van der Waals surface area contributed by atoms with Crippen LogP contribution in [0.25, 0.3) is 0 Å². The lowest BCUT2D eigenvalue weighted by molar-refractivity contribution is 0.101. The highest BCUT2D eigenvalue weighted by molar-refractivity contribution is 6.06. The number of amides is 2. The van der Waals surface area contributed by atoms with Gasteiger partial charge in [-0.05, 0) is 81.4 Å². The Hall–Kier alpha value is -3.80. The largest absolute Gasteiger partial charge is 0.495 e. The van der Waals surface area contributed by atoms with Crippen LogP contribution in [0, 0.1) is 0 Å². The number of methoxy groups -OCH3 is 1. The summed E-state index contributed by atoms with van der Waals surface area (Å²) in [5.41, 5.74) is 3.35. The summed E-state index contributed by atoms with van der Waals surface area (Å²) >= 11 is 0. The van der Waals surface area contributed by atoms with E-state index in [1.165, 1.54) is 0 Å². The SMILES string of the molecule is CCN(c1ccc(C(=O)Nc2ccc(C(=O)Nc3ccccc3OC)cc2)cc1)C(C)C. The van der Waals surface area contributed by atoms with E-state index >= 15 is 0 Å². The maximum absolute atomic E-state index is 12.6. The quantitative estimate of drug-likeness (QED) is 0.499. The molecule has 2 N–H and O–H groups in total.